The SMILES string of the molecule is CCNCc1cccc(-c2cnn(C)c2C)c1. The molecule has 0 spiro atoms. The Morgan fingerprint density at radius 3 is 2.82 bits per heavy atom. The largest absolute Gasteiger partial charge is 0.313 e. The van der Waals surface area contributed by atoms with Gasteiger partial charge in [-0.2, -0.15) is 5.10 Å². The van der Waals surface area contributed by atoms with Crippen molar-refractivity contribution in [2.75, 3.05) is 6.54 Å². The predicted octanol–water partition coefficient (Wildman–Crippen LogP) is 2.51. The second kappa shape index (κ2) is 5.15. The molecule has 1 aromatic heterocycles. The van der Waals surface area contributed by atoms with E-state index in [1.54, 1.807) is 0 Å². The van der Waals surface area contributed by atoms with Crippen molar-refractivity contribution in [2.45, 2.75) is 20.4 Å². The maximum Gasteiger partial charge on any atom is 0.0571 e. The first kappa shape index (κ1) is 11.9. The molecule has 90 valence electrons. The van der Waals surface area contributed by atoms with E-state index >= 15 is 0 Å². The Kier molecular flexibility index (Phi) is 3.59. The van der Waals surface area contributed by atoms with Crippen LogP contribution < -0.4 is 5.32 Å². The molecule has 0 atom stereocenters. The molecule has 0 amide bonds. The van der Waals surface area contributed by atoms with Crippen molar-refractivity contribution in [3.63, 3.8) is 0 Å². The second-order valence-electron chi connectivity index (χ2n) is 4.25. The highest BCUT2D eigenvalue weighted by Crippen LogP contribution is 2.23. The van der Waals surface area contributed by atoms with Crippen LogP contribution in [0.25, 0.3) is 11.1 Å². The van der Waals surface area contributed by atoms with Crippen molar-refractivity contribution in [1.29, 1.82) is 0 Å². The van der Waals surface area contributed by atoms with Crippen LogP contribution in [0.4, 0.5) is 0 Å². The number of aromatic nitrogens is 2. The normalized spacial score (nSPS) is 10.8. The maximum atomic E-state index is 4.29. The van der Waals surface area contributed by atoms with E-state index in [-0.39, 0.29) is 0 Å². The Morgan fingerprint density at radius 1 is 1.35 bits per heavy atom. The van der Waals surface area contributed by atoms with Crippen molar-refractivity contribution in [2.24, 2.45) is 7.05 Å². The van der Waals surface area contributed by atoms with Crippen LogP contribution >= 0.6 is 0 Å². The van der Waals surface area contributed by atoms with E-state index in [0.717, 1.165) is 13.1 Å². The molecule has 1 heterocycles. The van der Waals surface area contributed by atoms with Crippen LogP contribution in [0.5, 0.6) is 0 Å². The molecule has 0 saturated carbocycles. The Labute approximate surface area is 102 Å². The molecule has 2 aromatic rings. The standard InChI is InChI=1S/C14H19N3/c1-4-15-9-12-6-5-7-13(8-12)14-10-16-17(3)11(14)2/h5-8,10,15H,4,9H2,1-3H3. The lowest BCUT2D eigenvalue weighted by Gasteiger charge is -2.05. The summed E-state index contributed by atoms with van der Waals surface area (Å²) in [5.74, 6) is 0. The highest BCUT2D eigenvalue weighted by Gasteiger charge is 2.06. The Hall–Kier alpha value is -1.61. The fraction of sp³-hybridized carbons (Fsp3) is 0.357. The minimum Gasteiger partial charge on any atom is -0.313 e. The Bertz CT molecular complexity index is 500. The highest BCUT2D eigenvalue weighted by atomic mass is 15.3. The lowest BCUT2D eigenvalue weighted by Crippen LogP contribution is -2.11. The molecule has 0 aliphatic heterocycles. The van der Waals surface area contributed by atoms with Crippen LogP contribution in [0.15, 0.2) is 30.5 Å². The van der Waals surface area contributed by atoms with Gasteiger partial charge in [0.25, 0.3) is 0 Å². The number of nitrogens with one attached hydrogen (secondary N) is 1. The van der Waals surface area contributed by atoms with E-state index in [9.17, 15) is 0 Å². The number of aryl methyl sites for hydroxylation is 1. The predicted molar refractivity (Wildman–Crippen MR) is 70.8 cm³/mol. The van der Waals surface area contributed by atoms with E-state index < -0.39 is 0 Å². The minimum atomic E-state index is 0.920. The molecular formula is C14H19N3. The topological polar surface area (TPSA) is 29.9 Å². The van der Waals surface area contributed by atoms with Crippen LogP contribution in [0, 0.1) is 6.92 Å². The van der Waals surface area contributed by atoms with Gasteiger partial charge in [0, 0.05) is 24.8 Å². The smallest absolute Gasteiger partial charge is 0.0571 e. The van der Waals surface area contributed by atoms with Gasteiger partial charge in [-0.1, -0.05) is 25.1 Å². The molecule has 3 heteroatoms. The number of benzene rings is 1. The third-order valence-corrected chi connectivity index (χ3v) is 3.05. The monoisotopic (exact) mass is 229 g/mol. The zero-order chi connectivity index (χ0) is 12.3. The third-order valence-electron chi connectivity index (χ3n) is 3.05. The van der Waals surface area contributed by atoms with Crippen molar-refractivity contribution >= 4 is 0 Å². The van der Waals surface area contributed by atoms with E-state index in [1.807, 2.05) is 17.9 Å². The third kappa shape index (κ3) is 2.56. The Morgan fingerprint density at radius 2 is 2.18 bits per heavy atom. The van der Waals surface area contributed by atoms with Gasteiger partial charge in [-0.15, -0.1) is 0 Å². The zero-order valence-electron chi connectivity index (χ0n) is 10.7. The summed E-state index contributed by atoms with van der Waals surface area (Å²) in [5.41, 5.74) is 4.97. The lowest BCUT2D eigenvalue weighted by molar-refractivity contribution is 0.727. The van der Waals surface area contributed by atoms with E-state index in [1.165, 1.54) is 22.4 Å². The summed E-state index contributed by atoms with van der Waals surface area (Å²) in [6.45, 7) is 6.13. The average molecular weight is 229 g/mol. The van der Waals surface area contributed by atoms with Gasteiger partial charge in [-0.05, 0) is 30.7 Å². The van der Waals surface area contributed by atoms with Crippen LogP contribution in [0.1, 0.15) is 18.2 Å². The molecule has 1 aromatic carbocycles. The second-order valence-corrected chi connectivity index (χ2v) is 4.25. The molecule has 0 bridgehead atoms. The quantitative estimate of drug-likeness (QED) is 0.873. The molecule has 0 aliphatic carbocycles. The highest BCUT2D eigenvalue weighted by molar-refractivity contribution is 5.65. The fourth-order valence-electron chi connectivity index (χ4n) is 1.90. The number of hydrogen-bond acceptors (Lipinski definition) is 2. The van der Waals surface area contributed by atoms with Gasteiger partial charge in [0.15, 0.2) is 0 Å². The van der Waals surface area contributed by atoms with Crippen LogP contribution in [-0.4, -0.2) is 16.3 Å². The van der Waals surface area contributed by atoms with Crippen molar-refractivity contribution in [1.82, 2.24) is 15.1 Å². The number of rotatable bonds is 4. The summed E-state index contributed by atoms with van der Waals surface area (Å²) in [7, 11) is 1.97. The van der Waals surface area contributed by atoms with E-state index in [4.69, 9.17) is 0 Å². The summed E-state index contributed by atoms with van der Waals surface area (Å²) in [6, 6.07) is 8.62. The van der Waals surface area contributed by atoms with E-state index in [0.29, 0.717) is 0 Å². The van der Waals surface area contributed by atoms with Crippen LogP contribution in [0.3, 0.4) is 0 Å². The molecule has 1 N–H and O–H groups in total. The van der Waals surface area contributed by atoms with Crippen LogP contribution in [-0.2, 0) is 13.6 Å². The first-order valence-corrected chi connectivity index (χ1v) is 6.01. The van der Waals surface area contributed by atoms with Crippen LogP contribution in [0.2, 0.25) is 0 Å². The molecule has 2 rings (SSSR count). The molecule has 3 nitrogen and oxygen atoms in total. The Balaban J connectivity index is 2.30. The van der Waals surface area contributed by atoms with Gasteiger partial charge in [0.05, 0.1) is 6.20 Å². The summed E-state index contributed by atoms with van der Waals surface area (Å²) in [5, 5.41) is 7.63. The maximum absolute atomic E-state index is 4.29. The van der Waals surface area contributed by atoms with Crippen molar-refractivity contribution in [3.8, 4) is 11.1 Å². The van der Waals surface area contributed by atoms with Crippen molar-refractivity contribution < 1.29 is 0 Å². The zero-order valence-corrected chi connectivity index (χ0v) is 10.7. The summed E-state index contributed by atoms with van der Waals surface area (Å²) >= 11 is 0. The molecule has 0 radical (unpaired) electrons. The molecule has 17 heavy (non-hydrogen) atoms. The van der Waals surface area contributed by atoms with Gasteiger partial charge in [0.2, 0.25) is 0 Å². The summed E-state index contributed by atoms with van der Waals surface area (Å²) in [6.07, 6.45) is 1.93. The van der Waals surface area contributed by atoms with Gasteiger partial charge < -0.3 is 5.32 Å². The molecule has 0 aliphatic rings. The average Bonchev–Trinajstić information content (AvgIpc) is 2.68. The van der Waals surface area contributed by atoms with Crippen molar-refractivity contribution in [3.05, 3.63) is 41.7 Å². The van der Waals surface area contributed by atoms with E-state index in [2.05, 4.69) is 48.5 Å². The summed E-state index contributed by atoms with van der Waals surface area (Å²) < 4.78 is 1.91. The number of nitrogens with zero attached hydrogens (tertiary/aromatic N) is 2. The molecule has 0 unspecified atom stereocenters. The molecule has 0 saturated heterocycles. The van der Waals surface area contributed by atoms with Gasteiger partial charge in [0.1, 0.15) is 0 Å². The molecule has 0 fully saturated rings. The van der Waals surface area contributed by atoms with Gasteiger partial charge >= 0.3 is 0 Å². The van der Waals surface area contributed by atoms with Gasteiger partial charge in [-0.25, -0.2) is 0 Å². The fourth-order valence-corrected chi connectivity index (χ4v) is 1.90. The minimum absolute atomic E-state index is 0.920. The van der Waals surface area contributed by atoms with Gasteiger partial charge in [-0.3, -0.25) is 4.68 Å². The summed E-state index contributed by atoms with van der Waals surface area (Å²) in [4.78, 5) is 0. The first-order chi connectivity index (χ1) is 8.22. The lowest BCUT2D eigenvalue weighted by atomic mass is 10.0. The molecular weight excluding hydrogens is 210 g/mol. The number of hydrogen-bond donors (Lipinski definition) is 1. The first-order valence-electron chi connectivity index (χ1n) is 6.01.